The van der Waals surface area contributed by atoms with Gasteiger partial charge in [-0.1, -0.05) is 40.5 Å². The summed E-state index contributed by atoms with van der Waals surface area (Å²) in [6.45, 7) is 2.23. The first-order chi connectivity index (χ1) is 6.22. The van der Waals surface area contributed by atoms with E-state index in [1.165, 1.54) is 4.90 Å². The first-order valence-electron chi connectivity index (χ1n) is 4.16. The number of benzene rings is 1. The first-order valence-corrected chi connectivity index (χ1v) is 6.65. The van der Waals surface area contributed by atoms with Crippen LogP contribution in [0.4, 0.5) is 0 Å². The second-order valence-electron chi connectivity index (χ2n) is 3.03. The van der Waals surface area contributed by atoms with Crippen LogP contribution in [0.15, 0.2) is 29.2 Å². The van der Waals surface area contributed by atoms with Crippen molar-refractivity contribution in [2.45, 2.75) is 11.8 Å². The summed E-state index contributed by atoms with van der Waals surface area (Å²) in [6, 6.07) is 7.99. The molecular weight excluding hydrogens is 268 g/mol. The van der Waals surface area contributed by atoms with Crippen molar-refractivity contribution in [3.8, 4) is 0 Å². The maximum absolute atomic E-state index is 5.87. The van der Waals surface area contributed by atoms with E-state index in [0.717, 1.165) is 16.1 Å². The molecule has 0 amide bonds. The van der Waals surface area contributed by atoms with Crippen LogP contribution in [-0.2, 0) is 0 Å². The minimum Gasteiger partial charge on any atom is -0.126 e. The smallest absolute Gasteiger partial charge is 0.0417 e. The fraction of sp³-hybridized carbons (Fsp3) is 0.400. The molecule has 1 unspecified atom stereocenters. The molecule has 0 saturated carbocycles. The SMILES string of the molecule is CC(CBr)CSc1cccc(Cl)c1. The average molecular weight is 280 g/mol. The maximum atomic E-state index is 5.87. The van der Waals surface area contributed by atoms with Gasteiger partial charge in [0.2, 0.25) is 0 Å². The van der Waals surface area contributed by atoms with Crippen LogP contribution in [0.2, 0.25) is 5.02 Å². The van der Waals surface area contributed by atoms with E-state index in [1.807, 2.05) is 30.0 Å². The molecule has 0 nitrogen and oxygen atoms in total. The highest BCUT2D eigenvalue weighted by Gasteiger charge is 2.01. The van der Waals surface area contributed by atoms with Gasteiger partial charge in [0, 0.05) is 21.0 Å². The lowest BCUT2D eigenvalue weighted by atomic mass is 10.3. The fourth-order valence-electron chi connectivity index (χ4n) is 0.840. The van der Waals surface area contributed by atoms with Crippen LogP contribution >= 0.6 is 39.3 Å². The van der Waals surface area contributed by atoms with E-state index < -0.39 is 0 Å². The van der Waals surface area contributed by atoms with E-state index in [2.05, 4.69) is 28.9 Å². The van der Waals surface area contributed by atoms with Gasteiger partial charge in [0.15, 0.2) is 0 Å². The summed E-state index contributed by atoms with van der Waals surface area (Å²) >= 11 is 11.2. The van der Waals surface area contributed by atoms with Gasteiger partial charge in [-0.05, 0) is 24.1 Å². The molecule has 72 valence electrons. The Bertz CT molecular complexity index is 265. The lowest BCUT2D eigenvalue weighted by molar-refractivity contribution is 0.770. The summed E-state index contributed by atoms with van der Waals surface area (Å²) in [5, 5.41) is 1.87. The minimum atomic E-state index is 0.698. The molecule has 0 heterocycles. The van der Waals surface area contributed by atoms with Crippen LogP contribution in [0.5, 0.6) is 0 Å². The summed E-state index contributed by atoms with van der Waals surface area (Å²) in [7, 11) is 0. The molecule has 3 heteroatoms. The van der Waals surface area contributed by atoms with Gasteiger partial charge in [-0.15, -0.1) is 11.8 Å². The van der Waals surface area contributed by atoms with Crippen LogP contribution in [-0.4, -0.2) is 11.1 Å². The molecule has 0 N–H and O–H groups in total. The highest BCUT2D eigenvalue weighted by molar-refractivity contribution is 9.09. The van der Waals surface area contributed by atoms with Crippen molar-refractivity contribution in [1.29, 1.82) is 0 Å². The number of alkyl halides is 1. The molecule has 1 aromatic carbocycles. The van der Waals surface area contributed by atoms with E-state index in [0.29, 0.717) is 5.92 Å². The Morgan fingerprint density at radius 3 is 2.92 bits per heavy atom. The second-order valence-corrected chi connectivity index (χ2v) is 5.21. The molecule has 13 heavy (non-hydrogen) atoms. The van der Waals surface area contributed by atoms with Gasteiger partial charge < -0.3 is 0 Å². The van der Waals surface area contributed by atoms with Crippen molar-refractivity contribution >= 4 is 39.3 Å². The van der Waals surface area contributed by atoms with Gasteiger partial charge in [-0.2, -0.15) is 0 Å². The summed E-state index contributed by atoms with van der Waals surface area (Å²) in [5.74, 6) is 1.83. The van der Waals surface area contributed by atoms with Crippen LogP contribution in [0.3, 0.4) is 0 Å². The summed E-state index contributed by atoms with van der Waals surface area (Å²) < 4.78 is 0. The summed E-state index contributed by atoms with van der Waals surface area (Å²) in [5.41, 5.74) is 0. The molecule has 0 fully saturated rings. The lowest BCUT2D eigenvalue weighted by Crippen LogP contribution is -1.98. The average Bonchev–Trinajstić information content (AvgIpc) is 2.14. The Hall–Kier alpha value is 0.340. The normalized spacial score (nSPS) is 12.8. The topological polar surface area (TPSA) is 0 Å². The quantitative estimate of drug-likeness (QED) is 0.579. The summed E-state index contributed by atoms with van der Waals surface area (Å²) in [6.07, 6.45) is 0. The van der Waals surface area contributed by atoms with E-state index in [9.17, 15) is 0 Å². The lowest BCUT2D eigenvalue weighted by Gasteiger charge is -2.06. The molecule has 0 aliphatic rings. The zero-order valence-corrected chi connectivity index (χ0v) is 10.6. The third kappa shape index (κ3) is 4.39. The molecular formula is C10H12BrClS. The van der Waals surface area contributed by atoms with Gasteiger partial charge in [0.1, 0.15) is 0 Å². The molecule has 0 aliphatic carbocycles. The Kier molecular flexibility index (Phi) is 5.22. The van der Waals surface area contributed by atoms with Crippen molar-refractivity contribution < 1.29 is 0 Å². The molecule has 0 saturated heterocycles. The van der Waals surface area contributed by atoms with Crippen molar-refractivity contribution in [3.63, 3.8) is 0 Å². The molecule has 1 atom stereocenters. The van der Waals surface area contributed by atoms with Gasteiger partial charge in [-0.3, -0.25) is 0 Å². The Morgan fingerprint density at radius 1 is 1.54 bits per heavy atom. The Balaban J connectivity index is 2.45. The van der Waals surface area contributed by atoms with Gasteiger partial charge >= 0.3 is 0 Å². The highest BCUT2D eigenvalue weighted by atomic mass is 79.9. The number of rotatable bonds is 4. The predicted molar refractivity (Wildman–Crippen MR) is 65.1 cm³/mol. The zero-order chi connectivity index (χ0) is 9.68. The van der Waals surface area contributed by atoms with Crippen LogP contribution in [0.1, 0.15) is 6.92 Å². The largest absolute Gasteiger partial charge is 0.126 e. The zero-order valence-electron chi connectivity index (χ0n) is 7.47. The second kappa shape index (κ2) is 5.94. The molecule has 1 aromatic rings. The molecule has 0 bridgehead atoms. The van der Waals surface area contributed by atoms with Crippen LogP contribution in [0, 0.1) is 5.92 Å². The first kappa shape index (κ1) is 11.4. The maximum Gasteiger partial charge on any atom is 0.0417 e. The van der Waals surface area contributed by atoms with E-state index in [4.69, 9.17) is 11.6 Å². The molecule has 1 rings (SSSR count). The van der Waals surface area contributed by atoms with Crippen molar-refractivity contribution in [2.75, 3.05) is 11.1 Å². The predicted octanol–water partition coefficient (Wildman–Crippen LogP) is 4.46. The Labute approximate surface area is 97.2 Å². The standard InChI is InChI=1S/C10H12BrClS/c1-8(6-11)7-13-10-4-2-3-9(12)5-10/h2-5,8H,6-7H2,1H3. The number of halogens is 2. The number of hydrogen-bond acceptors (Lipinski definition) is 1. The van der Waals surface area contributed by atoms with Crippen molar-refractivity contribution in [3.05, 3.63) is 29.3 Å². The van der Waals surface area contributed by atoms with Crippen LogP contribution < -0.4 is 0 Å². The fourth-order valence-corrected chi connectivity index (χ4v) is 2.61. The van der Waals surface area contributed by atoms with E-state index in [-0.39, 0.29) is 0 Å². The molecule has 0 spiro atoms. The molecule has 0 aromatic heterocycles. The van der Waals surface area contributed by atoms with Crippen molar-refractivity contribution in [2.24, 2.45) is 5.92 Å². The van der Waals surface area contributed by atoms with Crippen molar-refractivity contribution in [1.82, 2.24) is 0 Å². The third-order valence-corrected chi connectivity index (χ3v) is 4.26. The minimum absolute atomic E-state index is 0.698. The van der Waals surface area contributed by atoms with Gasteiger partial charge in [0.25, 0.3) is 0 Å². The third-order valence-electron chi connectivity index (χ3n) is 1.59. The number of thioether (sulfide) groups is 1. The molecule has 0 radical (unpaired) electrons. The van der Waals surface area contributed by atoms with E-state index in [1.54, 1.807) is 0 Å². The van der Waals surface area contributed by atoms with Crippen LogP contribution in [0.25, 0.3) is 0 Å². The van der Waals surface area contributed by atoms with Gasteiger partial charge in [-0.25, -0.2) is 0 Å². The van der Waals surface area contributed by atoms with Gasteiger partial charge in [0.05, 0.1) is 0 Å². The monoisotopic (exact) mass is 278 g/mol. The van der Waals surface area contributed by atoms with E-state index >= 15 is 0 Å². The molecule has 0 aliphatic heterocycles. The summed E-state index contributed by atoms with van der Waals surface area (Å²) in [4.78, 5) is 1.25. The highest BCUT2D eigenvalue weighted by Crippen LogP contribution is 2.23. The Morgan fingerprint density at radius 2 is 2.31 bits per heavy atom. The number of hydrogen-bond donors (Lipinski definition) is 0.